The maximum absolute atomic E-state index is 12.3. The Labute approximate surface area is 146 Å². The number of carbonyl (C=O) groups excluding carboxylic acids is 1. The summed E-state index contributed by atoms with van der Waals surface area (Å²) in [4.78, 5) is 12.3. The largest absolute Gasteiger partial charge is 0.365 e. The molecular weight excluding hydrogens is 340 g/mol. The Kier molecular flexibility index (Phi) is 4.71. The van der Waals surface area contributed by atoms with Gasteiger partial charge in [-0.1, -0.05) is 6.07 Å². The number of nitrogens with one attached hydrogen (secondary N) is 2. The van der Waals surface area contributed by atoms with E-state index in [1.807, 2.05) is 26.0 Å². The molecule has 0 aliphatic carbocycles. The summed E-state index contributed by atoms with van der Waals surface area (Å²) in [6, 6.07) is 8.66. The van der Waals surface area contributed by atoms with Crippen LogP contribution < -0.4 is 10.6 Å². The van der Waals surface area contributed by atoms with Gasteiger partial charge in [0.1, 0.15) is 5.82 Å². The number of anilines is 2. The molecule has 0 bridgehead atoms. The van der Waals surface area contributed by atoms with Crippen LogP contribution in [0.1, 0.15) is 27.9 Å². The summed E-state index contributed by atoms with van der Waals surface area (Å²) in [5, 5.41) is 13.7. The van der Waals surface area contributed by atoms with Crippen molar-refractivity contribution >= 4 is 27.4 Å². The van der Waals surface area contributed by atoms with Crippen molar-refractivity contribution in [2.24, 2.45) is 0 Å². The van der Waals surface area contributed by atoms with Crippen molar-refractivity contribution in [2.75, 3.05) is 22.1 Å². The number of rotatable bonds is 4. The molecule has 1 amide bonds. The van der Waals surface area contributed by atoms with Crippen LogP contribution in [0, 0.1) is 13.8 Å². The first kappa shape index (κ1) is 17.3. The lowest BCUT2D eigenvalue weighted by atomic mass is 10.1. The fourth-order valence-corrected chi connectivity index (χ4v) is 4.34. The second kappa shape index (κ2) is 6.79. The molecule has 7 nitrogen and oxygen atoms in total. The van der Waals surface area contributed by atoms with Crippen molar-refractivity contribution in [3.8, 4) is 0 Å². The average molecular weight is 360 g/mol. The summed E-state index contributed by atoms with van der Waals surface area (Å²) in [5.41, 5.74) is 2.73. The SMILES string of the molecule is Cc1ccc(C(=O)Nc2ccc(NC3CCS(=O)(=O)C3)nn2)cc1C. The molecule has 1 saturated heterocycles. The van der Waals surface area contributed by atoms with Gasteiger partial charge in [-0.2, -0.15) is 0 Å². The molecule has 0 radical (unpaired) electrons. The fraction of sp³-hybridized carbons (Fsp3) is 0.353. The molecule has 1 aliphatic rings. The third-order valence-corrected chi connectivity index (χ3v) is 6.03. The van der Waals surface area contributed by atoms with E-state index in [1.165, 1.54) is 0 Å². The molecule has 1 atom stereocenters. The quantitative estimate of drug-likeness (QED) is 0.864. The Balaban J connectivity index is 1.62. The Morgan fingerprint density at radius 3 is 2.40 bits per heavy atom. The monoisotopic (exact) mass is 360 g/mol. The van der Waals surface area contributed by atoms with E-state index in [4.69, 9.17) is 0 Å². The molecule has 2 N–H and O–H groups in total. The Morgan fingerprint density at radius 2 is 1.80 bits per heavy atom. The normalized spacial score (nSPS) is 18.7. The standard InChI is InChI=1S/C17H20N4O3S/c1-11-3-4-13(9-12(11)2)17(22)19-16-6-5-15(20-21-16)18-14-7-8-25(23,24)10-14/h3-6,9,14H,7-8,10H2,1-2H3,(H,18,20)(H,19,21,22). The van der Waals surface area contributed by atoms with Gasteiger partial charge in [0, 0.05) is 11.6 Å². The number of benzene rings is 1. The van der Waals surface area contributed by atoms with E-state index in [9.17, 15) is 13.2 Å². The Morgan fingerprint density at radius 1 is 1.08 bits per heavy atom. The molecular formula is C17H20N4O3S. The second-order valence-corrected chi connectivity index (χ2v) is 8.53. The van der Waals surface area contributed by atoms with Gasteiger partial charge in [0.05, 0.1) is 11.5 Å². The number of carbonyl (C=O) groups is 1. The van der Waals surface area contributed by atoms with Gasteiger partial charge < -0.3 is 10.6 Å². The van der Waals surface area contributed by atoms with E-state index in [0.29, 0.717) is 23.6 Å². The van der Waals surface area contributed by atoms with E-state index < -0.39 is 9.84 Å². The summed E-state index contributed by atoms with van der Waals surface area (Å²) in [7, 11) is -2.94. The van der Waals surface area contributed by atoms with Gasteiger partial charge in [0.25, 0.3) is 5.91 Å². The van der Waals surface area contributed by atoms with Crippen LogP contribution in [0.3, 0.4) is 0 Å². The topological polar surface area (TPSA) is 101 Å². The van der Waals surface area contributed by atoms with Crippen molar-refractivity contribution in [3.05, 3.63) is 47.0 Å². The molecule has 1 fully saturated rings. The van der Waals surface area contributed by atoms with Crippen LogP contribution >= 0.6 is 0 Å². The number of hydrogen-bond acceptors (Lipinski definition) is 6. The smallest absolute Gasteiger partial charge is 0.256 e. The van der Waals surface area contributed by atoms with E-state index >= 15 is 0 Å². The zero-order chi connectivity index (χ0) is 18.0. The lowest BCUT2D eigenvalue weighted by molar-refractivity contribution is 0.102. The first-order chi connectivity index (χ1) is 11.8. The first-order valence-corrected chi connectivity index (χ1v) is 9.84. The summed E-state index contributed by atoms with van der Waals surface area (Å²) in [6.45, 7) is 3.94. The van der Waals surface area contributed by atoms with Crippen LogP contribution in [-0.2, 0) is 9.84 Å². The highest BCUT2D eigenvalue weighted by Gasteiger charge is 2.27. The highest BCUT2D eigenvalue weighted by Crippen LogP contribution is 2.17. The predicted octanol–water partition coefficient (Wildman–Crippen LogP) is 1.94. The second-order valence-electron chi connectivity index (χ2n) is 6.30. The highest BCUT2D eigenvalue weighted by molar-refractivity contribution is 7.91. The summed E-state index contributed by atoms with van der Waals surface area (Å²) < 4.78 is 22.9. The molecule has 1 aromatic heterocycles. The van der Waals surface area contributed by atoms with Crippen molar-refractivity contribution < 1.29 is 13.2 Å². The molecule has 3 rings (SSSR count). The van der Waals surface area contributed by atoms with Crippen LogP contribution in [0.4, 0.5) is 11.6 Å². The molecule has 0 saturated carbocycles. The number of sulfone groups is 1. The number of aromatic nitrogens is 2. The highest BCUT2D eigenvalue weighted by atomic mass is 32.2. The lowest BCUT2D eigenvalue weighted by Gasteiger charge is -2.11. The van der Waals surface area contributed by atoms with Gasteiger partial charge in [-0.15, -0.1) is 10.2 Å². The molecule has 0 spiro atoms. The molecule has 25 heavy (non-hydrogen) atoms. The molecule has 1 aromatic carbocycles. The van der Waals surface area contributed by atoms with Gasteiger partial charge in [-0.05, 0) is 55.7 Å². The summed E-state index contributed by atoms with van der Waals surface area (Å²) >= 11 is 0. The average Bonchev–Trinajstić information content (AvgIpc) is 2.90. The number of aryl methyl sites for hydroxylation is 2. The van der Waals surface area contributed by atoms with E-state index in [0.717, 1.165) is 11.1 Å². The third kappa shape index (κ3) is 4.33. The van der Waals surface area contributed by atoms with E-state index in [2.05, 4.69) is 20.8 Å². The minimum absolute atomic E-state index is 0.111. The molecule has 1 unspecified atom stereocenters. The fourth-order valence-electron chi connectivity index (χ4n) is 2.67. The molecule has 1 aliphatic heterocycles. The Hall–Kier alpha value is -2.48. The van der Waals surface area contributed by atoms with Crippen molar-refractivity contribution in [3.63, 3.8) is 0 Å². The van der Waals surface area contributed by atoms with Crippen LogP contribution in [0.25, 0.3) is 0 Å². The number of nitrogens with zero attached hydrogens (tertiary/aromatic N) is 2. The minimum atomic E-state index is -2.94. The first-order valence-electron chi connectivity index (χ1n) is 8.02. The van der Waals surface area contributed by atoms with Gasteiger partial charge >= 0.3 is 0 Å². The van der Waals surface area contributed by atoms with Gasteiger partial charge in [-0.3, -0.25) is 4.79 Å². The summed E-state index contributed by atoms with van der Waals surface area (Å²) in [6.07, 6.45) is 0.565. The number of amides is 1. The van der Waals surface area contributed by atoms with Crippen LogP contribution in [-0.4, -0.2) is 42.1 Å². The molecule has 8 heteroatoms. The van der Waals surface area contributed by atoms with Crippen LogP contribution in [0.2, 0.25) is 0 Å². The zero-order valence-corrected chi connectivity index (χ0v) is 14.9. The van der Waals surface area contributed by atoms with Crippen molar-refractivity contribution in [1.82, 2.24) is 10.2 Å². The van der Waals surface area contributed by atoms with Crippen LogP contribution in [0.5, 0.6) is 0 Å². The Bertz CT molecular complexity index is 895. The molecule has 2 aromatic rings. The van der Waals surface area contributed by atoms with Gasteiger partial charge in [-0.25, -0.2) is 8.42 Å². The van der Waals surface area contributed by atoms with E-state index in [1.54, 1.807) is 18.2 Å². The third-order valence-electron chi connectivity index (χ3n) is 4.26. The zero-order valence-electron chi connectivity index (χ0n) is 14.1. The lowest BCUT2D eigenvalue weighted by Crippen LogP contribution is -2.21. The maximum atomic E-state index is 12.3. The van der Waals surface area contributed by atoms with Crippen LogP contribution in [0.15, 0.2) is 30.3 Å². The van der Waals surface area contributed by atoms with Crippen molar-refractivity contribution in [1.29, 1.82) is 0 Å². The predicted molar refractivity (Wildman–Crippen MR) is 96.6 cm³/mol. The minimum Gasteiger partial charge on any atom is -0.365 e. The van der Waals surface area contributed by atoms with Crippen molar-refractivity contribution in [2.45, 2.75) is 26.3 Å². The molecule has 132 valence electrons. The number of hydrogen-bond donors (Lipinski definition) is 2. The van der Waals surface area contributed by atoms with E-state index in [-0.39, 0.29) is 23.5 Å². The van der Waals surface area contributed by atoms with Gasteiger partial charge in [0.2, 0.25) is 0 Å². The van der Waals surface area contributed by atoms with Gasteiger partial charge in [0.15, 0.2) is 15.7 Å². The maximum Gasteiger partial charge on any atom is 0.256 e. The molecule has 2 heterocycles. The summed E-state index contributed by atoms with van der Waals surface area (Å²) in [5.74, 6) is 0.890.